The van der Waals surface area contributed by atoms with E-state index in [4.69, 9.17) is 11.5 Å². The van der Waals surface area contributed by atoms with Crippen molar-refractivity contribution in [2.24, 2.45) is 57.8 Å². The summed E-state index contributed by atoms with van der Waals surface area (Å²) >= 11 is 0. The van der Waals surface area contributed by atoms with Gasteiger partial charge in [0, 0.05) is 6.42 Å². The molecule has 0 radical (unpaired) electrons. The van der Waals surface area contributed by atoms with E-state index in [1.807, 2.05) is 0 Å². The first-order valence-corrected chi connectivity index (χ1v) is 15.4. The highest BCUT2D eigenvalue weighted by Crippen LogP contribution is 2.67. The standard InChI is InChI=1S/C32H56N2O2/c1-21(2)8-6-9-22(3)25-13-14-26-24-12-11-23-20-32(36,29(35)28(34)10-7-19-33)18-17-30(23,4)27(24)15-16-31(25,26)5/h11,21-22,24-28,36H,6-10,12-20,33-34H2,1-5H3/t22-,24+,25-,26+,27+,28+,30+,31-,32-/m1/s1. The van der Waals surface area contributed by atoms with E-state index in [9.17, 15) is 9.90 Å². The van der Waals surface area contributed by atoms with Gasteiger partial charge in [0.05, 0.1) is 6.04 Å². The maximum Gasteiger partial charge on any atom is 0.181 e. The summed E-state index contributed by atoms with van der Waals surface area (Å²) in [7, 11) is 0. The number of nitrogens with two attached hydrogens (primary N) is 2. The molecule has 4 nitrogen and oxygen atoms in total. The molecular formula is C32H56N2O2. The average molecular weight is 501 g/mol. The van der Waals surface area contributed by atoms with Gasteiger partial charge in [-0.05, 0) is 111 Å². The minimum atomic E-state index is -1.29. The van der Waals surface area contributed by atoms with E-state index in [0.717, 1.165) is 48.9 Å². The van der Waals surface area contributed by atoms with Crippen LogP contribution in [0.4, 0.5) is 0 Å². The van der Waals surface area contributed by atoms with Crippen molar-refractivity contribution >= 4 is 5.78 Å². The van der Waals surface area contributed by atoms with Gasteiger partial charge in [-0.1, -0.05) is 65.5 Å². The fourth-order valence-electron chi connectivity index (χ4n) is 9.70. The average Bonchev–Trinajstić information content (AvgIpc) is 3.19. The van der Waals surface area contributed by atoms with Crippen molar-refractivity contribution in [1.29, 1.82) is 0 Å². The molecule has 0 unspecified atom stereocenters. The number of hydrogen-bond donors (Lipinski definition) is 3. The number of carbonyl (C=O) groups excluding carboxylic acids is 1. The Hall–Kier alpha value is -0.710. The van der Waals surface area contributed by atoms with Crippen LogP contribution in [0.25, 0.3) is 0 Å². The number of allylic oxidation sites excluding steroid dienone is 1. The van der Waals surface area contributed by atoms with E-state index >= 15 is 0 Å². The van der Waals surface area contributed by atoms with Gasteiger partial charge in [-0.2, -0.15) is 0 Å². The predicted octanol–water partition coefficient (Wildman–Crippen LogP) is 6.39. The maximum absolute atomic E-state index is 13.1. The first kappa shape index (κ1) is 28.3. The highest BCUT2D eigenvalue weighted by Gasteiger charge is 2.60. The summed E-state index contributed by atoms with van der Waals surface area (Å²) in [5.41, 5.74) is 12.5. The second kappa shape index (κ2) is 10.8. The van der Waals surface area contributed by atoms with Gasteiger partial charge in [-0.25, -0.2) is 0 Å². The number of aliphatic hydroxyl groups is 1. The topological polar surface area (TPSA) is 89.3 Å². The van der Waals surface area contributed by atoms with Gasteiger partial charge in [0.1, 0.15) is 5.60 Å². The van der Waals surface area contributed by atoms with E-state index in [-0.39, 0.29) is 11.2 Å². The van der Waals surface area contributed by atoms with E-state index in [0.29, 0.717) is 37.1 Å². The maximum atomic E-state index is 13.1. The van der Waals surface area contributed by atoms with E-state index in [1.165, 1.54) is 50.5 Å². The molecule has 0 aromatic rings. The number of rotatable bonds is 10. The van der Waals surface area contributed by atoms with Gasteiger partial charge >= 0.3 is 0 Å². The molecule has 3 fully saturated rings. The van der Waals surface area contributed by atoms with Crippen molar-refractivity contribution in [2.45, 2.75) is 130 Å². The molecule has 5 N–H and O–H groups in total. The summed E-state index contributed by atoms with van der Waals surface area (Å²) in [4.78, 5) is 13.1. The Labute approximate surface area is 221 Å². The SMILES string of the molecule is CC(C)CCC[C@@H](C)[C@H]1CC[C@H]2[C@@H]3CC=C4C[C@@](O)(C(=O)[C@@H](N)CCCN)CC[C@]4(C)[C@H]3CC[C@]12C. The molecule has 0 aliphatic heterocycles. The minimum absolute atomic E-state index is 0.124. The number of carbonyl (C=O) groups is 1. The van der Waals surface area contributed by atoms with Crippen LogP contribution in [0.2, 0.25) is 0 Å². The number of Topliss-reactive ketones (excluding diaryl/α,β-unsaturated/α-hetero) is 1. The molecule has 4 rings (SSSR count). The van der Waals surface area contributed by atoms with Crippen LogP contribution in [-0.4, -0.2) is 29.1 Å². The van der Waals surface area contributed by atoms with Gasteiger partial charge in [-0.3, -0.25) is 4.79 Å². The summed E-state index contributed by atoms with van der Waals surface area (Å²) in [6.07, 6.45) is 16.4. The molecule has 4 aliphatic rings. The largest absolute Gasteiger partial charge is 0.382 e. The fourth-order valence-corrected chi connectivity index (χ4v) is 9.70. The molecule has 0 aromatic carbocycles. The molecule has 0 amide bonds. The summed E-state index contributed by atoms with van der Waals surface area (Å²) in [6.45, 7) is 12.9. The fraction of sp³-hybridized carbons (Fsp3) is 0.906. The molecule has 3 saturated carbocycles. The highest BCUT2D eigenvalue weighted by atomic mass is 16.3. The summed E-state index contributed by atoms with van der Waals surface area (Å²) in [5.74, 6) is 4.64. The molecule has 9 atom stereocenters. The Morgan fingerprint density at radius 2 is 1.78 bits per heavy atom. The van der Waals surface area contributed by atoms with Crippen LogP contribution < -0.4 is 11.5 Å². The Morgan fingerprint density at radius 1 is 1.03 bits per heavy atom. The van der Waals surface area contributed by atoms with Gasteiger partial charge in [0.25, 0.3) is 0 Å². The summed E-state index contributed by atoms with van der Waals surface area (Å²) in [6, 6.07) is -0.604. The third kappa shape index (κ3) is 5.00. The normalized spacial score (nSPS) is 41.8. The molecule has 36 heavy (non-hydrogen) atoms. The number of hydrogen-bond acceptors (Lipinski definition) is 4. The number of ketones is 1. The molecule has 0 heterocycles. The molecule has 0 bridgehead atoms. The van der Waals surface area contributed by atoms with Crippen LogP contribution in [0, 0.1) is 46.3 Å². The van der Waals surface area contributed by atoms with Crippen LogP contribution in [0.15, 0.2) is 11.6 Å². The van der Waals surface area contributed by atoms with E-state index in [2.05, 4.69) is 40.7 Å². The Morgan fingerprint density at radius 3 is 2.47 bits per heavy atom. The lowest BCUT2D eigenvalue weighted by Gasteiger charge is -2.59. The lowest BCUT2D eigenvalue weighted by atomic mass is 9.46. The van der Waals surface area contributed by atoms with Crippen molar-refractivity contribution in [3.8, 4) is 0 Å². The van der Waals surface area contributed by atoms with Crippen molar-refractivity contribution in [3.05, 3.63) is 11.6 Å². The molecule has 206 valence electrons. The molecule has 4 heteroatoms. The van der Waals surface area contributed by atoms with Gasteiger partial charge in [0.15, 0.2) is 5.78 Å². The van der Waals surface area contributed by atoms with Crippen LogP contribution in [0.3, 0.4) is 0 Å². The third-order valence-corrected chi connectivity index (χ3v) is 11.9. The van der Waals surface area contributed by atoms with Crippen molar-refractivity contribution in [1.82, 2.24) is 0 Å². The number of fused-ring (bicyclic) bond motifs is 5. The van der Waals surface area contributed by atoms with Gasteiger partial charge in [-0.15, -0.1) is 0 Å². The molecule has 0 saturated heterocycles. The van der Waals surface area contributed by atoms with Crippen LogP contribution in [-0.2, 0) is 4.79 Å². The molecule has 4 aliphatic carbocycles. The van der Waals surface area contributed by atoms with E-state index < -0.39 is 11.6 Å². The second-order valence-corrected chi connectivity index (χ2v) is 14.4. The first-order chi connectivity index (χ1) is 17.0. The third-order valence-electron chi connectivity index (χ3n) is 11.9. The van der Waals surface area contributed by atoms with Crippen LogP contribution >= 0.6 is 0 Å². The minimum Gasteiger partial charge on any atom is -0.382 e. The van der Waals surface area contributed by atoms with Crippen molar-refractivity contribution < 1.29 is 9.90 Å². The highest BCUT2D eigenvalue weighted by molar-refractivity contribution is 5.92. The molecule has 0 aromatic heterocycles. The zero-order valence-corrected chi connectivity index (χ0v) is 24.0. The first-order valence-electron chi connectivity index (χ1n) is 15.4. The van der Waals surface area contributed by atoms with Crippen LogP contribution in [0.1, 0.15) is 118 Å². The van der Waals surface area contributed by atoms with Crippen molar-refractivity contribution in [3.63, 3.8) is 0 Å². The lowest BCUT2D eigenvalue weighted by Crippen LogP contribution is -2.56. The van der Waals surface area contributed by atoms with Gasteiger partial charge < -0.3 is 16.6 Å². The smallest absolute Gasteiger partial charge is 0.181 e. The zero-order chi connectivity index (χ0) is 26.3. The summed E-state index contributed by atoms with van der Waals surface area (Å²) in [5, 5.41) is 11.4. The summed E-state index contributed by atoms with van der Waals surface area (Å²) < 4.78 is 0. The lowest BCUT2D eigenvalue weighted by molar-refractivity contribution is -0.144. The monoisotopic (exact) mass is 500 g/mol. The van der Waals surface area contributed by atoms with E-state index in [1.54, 1.807) is 0 Å². The van der Waals surface area contributed by atoms with Gasteiger partial charge in [0.2, 0.25) is 0 Å². The Balaban J connectivity index is 1.47. The van der Waals surface area contributed by atoms with Crippen LogP contribution in [0.5, 0.6) is 0 Å². The molecular weight excluding hydrogens is 444 g/mol. The second-order valence-electron chi connectivity index (χ2n) is 14.4. The Kier molecular flexibility index (Phi) is 8.50. The predicted molar refractivity (Wildman–Crippen MR) is 149 cm³/mol. The van der Waals surface area contributed by atoms with Crippen molar-refractivity contribution in [2.75, 3.05) is 6.54 Å². The Bertz CT molecular complexity index is 823. The quantitative estimate of drug-likeness (QED) is 0.303. The molecule has 0 spiro atoms. The zero-order valence-electron chi connectivity index (χ0n) is 24.0.